The van der Waals surface area contributed by atoms with Crippen molar-refractivity contribution in [2.45, 2.75) is 29.6 Å². The molecule has 0 aromatic heterocycles. The fourth-order valence-corrected chi connectivity index (χ4v) is 4.87. The van der Waals surface area contributed by atoms with Crippen LogP contribution in [0.1, 0.15) is 19.8 Å². The fourth-order valence-electron chi connectivity index (χ4n) is 2.97. The van der Waals surface area contributed by atoms with Gasteiger partial charge < -0.3 is 15.3 Å². The maximum atomic E-state index is 12.6. The lowest BCUT2D eigenvalue weighted by Crippen LogP contribution is -2.35. The fraction of sp³-hybridized carbons (Fsp3) is 0.300. The standard InChI is InChI=1S/C20H22N2O5S2/c1-2-29(26,27)14-7-8-17(23)15(13-14)21-19(24)9-10-20(25)22-11-12-28-18-6-4-3-5-16(18)22/h3-8,13,23H,2,9-12H2,1H3,(H,21,24). The number of benzene rings is 2. The number of carbonyl (C=O) groups excluding carboxylic acids is 2. The highest BCUT2D eigenvalue weighted by Gasteiger charge is 2.23. The largest absolute Gasteiger partial charge is 0.506 e. The second-order valence-corrected chi connectivity index (χ2v) is 9.91. The number of phenols is 1. The Morgan fingerprint density at radius 1 is 1.17 bits per heavy atom. The van der Waals surface area contributed by atoms with Crippen molar-refractivity contribution in [3.05, 3.63) is 42.5 Å². The molecule has 0 radical (unpaired) electrons. The number of carbonyl (C=O) groups is 2. The number of phenolic OH excluding ortho intramolecular Hbond substituents is 1. The Kier molecular flexibility index (Phi) is 6.49. The molecular formula is C20H22N2O5S2. The van der Waals surface area contributed by atoms with Crippen LogP contribution in [-0.2, 0) is 19.4 Å². The first-order chi connectivity index (χ1) is 13.8. The molecule has 1 heterocycles. The van der Waals surface area contributed by atoms with Crippen LogP contribution in [0, 0.1) is 0 Å². The number of nitrogens with zero attached hydrogens (tertiary/aromatic N) is 1. The number of amides is 2. The molecule has 0 fully saturated rings. The topological polar surface area (TPSA) is 104 Å². The van der Waals surface area contributed by atoms with Crippen molar-refractivity contribution in [2.24, 2.45) is 0 Å². The minimum Gasteiger partial charge on any atom is -0.506 e. The van der Waals surface area contributed by atoms with Gasteiger partial charge in [0.05, 0.1) is 22.0 Å². The second kappa shape index (κ2) is 8.87. The molecule has 7 nitrogen and oxygen atoms in total. The van der Waals surface area contributed by atoms with Crippen molar-refractivity contribution in [3.8, 4) is 5.75 Å². The quantitative estimate of drug-likeness (QED) is 0.678. The highest BCUT2D eigenvalue weighted by molar-refractivity contribution is 7.99. The summed E-state index contributed by atoms with van der Waals surface area (Å²) in [5, 5.41) is 12.4. The summed E-state index contributed by atoms with van der Waals surface area (Å²) in [5.41, 5.74) is 0.862. The molecule has 0 unspecified atom stereocenters. The molecule has 0 spiro atoms. The Balaban J connectivity index is 1.64. The van der Waals surface area contributed by atoms with Gasteiger partial charge >= 0.3 is 0 Å². The van der Waals surface area contributed by atoms with Crippen LogP contribution in [-0.4, -0.2) is 43.4 Å². The van der Waals surface area contributed by atoms with Crippen LogP contribution >= 0.6 is 11.8 Å². The number of aromatic hydroxyl groups is 1. The lowest BCUT2D eigenvalue weighted by molar-refractivity contribution is -0.122. The summed E-state index contributed by atoms with van der Waals surface area (Å²) in [6, 6.07) is 11.4. The van der Waals surface area contributed by atoms with Crippen LogP contribution in [0.25, 0.3) is 0 Å². The second-order valence-electron chi connectivity index (χ2n) is 6.49. The molecule has 0 atom stereocenters. The summed E-state index contributed by atoms with van der Waals surface area (Å²) >= 11 is 1.69. The summed E-state index contributed by atoms with van der Waals surface area (Å²) in [6.07, 6.45) is -0.0621. The van der Waals surface area contributed by atoms with Gasteiger partial charge in [-0.25, -0.2) is 8.42 Å². The highest BCUT2D eigenvalue weighted by Crippen LogP contribution is 2.34. The van der Waals surface area contributed by atoms with Crippen LogP contribution in [0.15, 0.2) is 52.3 Å². The number of sulfone groups is 1. The van der Waals surface area contributed by atoms with Gasteiger partial charge in [-0.1, -0.05) is 19.1 Å². The minimum atomic E-state index is -3.47. The molecule has 2 aromatic rings. The first-order valence-corrected chi connectivity index (χ1v) is 11.8. The van der Waals surface area contributed by atoms with E-state index >= 15 is 0 Å². The SMILES string of the molecule is CCS(=O)(=O)c1ccc(O)c(NC(=O)CCC(=O)N2CCSc3ccccc32)c1. The molecule has 29 heavy (non-hydrogen) atoms. The summed E-state index contributed by atoms with van der Waals surface area (Å²) < 4.78 is 24.0. The summed E-state index contributed by atoms with van der Waals surface area (Å²) in [5.74, 6) is -0.156. The Bertz CT molecular complexity index is 1040. The molecule has 154 valence electrons. The molecule has 2 N–H and O–H groups in total. The average molecular weight is 435 g/mol. The number of fused-ring (bicyclic) bond motifs is 1. The normalized spacial score (nSPS) is 13.6. The van der Waals surface area contributed by atoms with E-state index in [4.69, 9.17) is 0 Å². The molecule has 2 amide bonds. The van der Waals surface area contributed by atoms with E-state index in [0.29, 0.717) is 6.54 Å². The Morgan fingerprint density at radius 2 is 1.93 bits per heavy atom. The van der Waals surface area contributed by atoms with Gasteiger partial charge in [-0.3, -0.25) is 9.59 Å². The van der Waals surface area contributed by atoms with Crippen LogP contribution in [0.4, 0.5) is 11.4 Å². The van der Waals surface area contributed by atoms with Gasteiger partial charge in [0, 0.05) is 30.0 Å². The number of hydrogen-bond donors (Lipinski definition) is 2. The van der Waals surface area contributed by atoms with E-state index in [1.165, 1.54) is 25.1 Å². The van der Waals surface area contributed by atoms with Gasteiger partial charge in [0.2, 0.25) is 11.8 Å². The highest BCUT2D eigenvalue weighted by atomic mass is 32.2. The lowest BCUT2D eigenvalue weighted by atomic mass is 10.2. The van der Waals surface area contributed by atoms with Gasteiger partial charge in [-0.15, -0.1) is 11.8 Å². The summed E-state index contributed by atoms with van der Waals surface area (Å²) in [4.78, 5) is 27.6. The number of anilines is 2. The number of thioether (sulfide) groups is 1. The Labute approximate surface area is 174 Å². The zero-order valence-corrected chi connectivity index (χ0v) is 17.6. The molecule has 1 aliphatic heterocycles. The van der Waals surface area contributed by atoms with Crippen molar-refractivity contribution < 1.29 is 23.1 Å². The maximum absolute atomic E-state index is 12.6. The molecule has 0 aliphatic carbocycles. The van der Waals surface area contributed by atoms with E-state index in [1.807, 2.05) is 24.3 Å². The Hall–Kier alpha value is -2.52. The van der Waals surface area contributed by atoms with Gasteiger partial charge in [0.25, 0.3) is 0 Å². The zero-order valence-electron chi connectivity index (χ0n) is 15.9. The first-order valence-electron chi connectivity index (χ1n) is 9.19. The van der Waals surface area contributed by atoms with Crippen molar-refractivity contribution in [1.82, 2.24) is 0 Å². The smallest absolute Gasteiger partial charge is 0.227 e. The molecule has 1 aliphatic rings. The molecular weight excluding hydrogens is 412 g/mol. The first kappa shape index (κ1) is 21.2. The van der Waals surface area contributed by atoms with E-state index in [0.717, 1.165) is 16.3 Å². The third kappa shape index (κ3) is 4.91. The van der Waals surface area contributed by atoms with Crippen molar-refractivity contribution in [2.75, 3.05) is 28.3 Å². The predicted octanol–water partition coefficient (Wildman–Crippen LogP) is 3.04. The number of hydrogen-bond acceptors (Lipinski definition) is 6. The van der Waals surface area contributed by atoms with Gasteiger partial charge in [-0.2, -0.15) is 0 Å². The van der Waals surface area contributed by atoms with E-state index < -0.39 is 15.7 Å². The van der Waals surface area contributed by atoms with Gasteiger partial charge in [-0.05, 0) is 30.3 Å². The average Bonchev–Trinajstić information content (AvgIpc) is 2.73. The monoisotopic (exact) mass is 434 g/mol. The van der Waals surface area contributed by atoms with Gasteiger partial charge in [0.1, 0.15) is 5.75 Å². The third-order valence-corrected chi connectivity index (χ3v) is 7.35. The van der Waals surface area contributed by atoms with E-state index in [2.05, 4.69) is 5.32 Å². The van der Waals surface area contributed by atoms with E-state index in [-0.39, 0.29) is 40.8 Å². The molecule has 9 heteroatoms. The molecule has 0 saturated heterocycles. The summed E-state index contributed by atoms with van der Waals surface area (Å²) in [7, 11) is -3.47. The van der Waals surface area contributed by atoms with E-state index in [9.17, 15) is 23.1 Å². The van der Waals surface area contributed by atoms with E-state index in [1.54, 1.807) is 16.7 Å². The Morgan fingerprint density at radius 3 is 2.69 bits per heavy atom. The predicted molar refractivity (Wildman–Crippen MR) is 113 cm³/mol. The number of nitrogens with one attached hydrogen (secondary N) is 1. The molecule has 2 aromatic carbocycles. The maximum Gasteiger partial charge on any atom is 0.227 e. The van der Waals surface area contributed by atoms with Crippen molar-refractivity contribution in [1.29, 1.82) is 0 Å². The number of para-hydroxylation sites is 1. The molecule has 0 bridgehead atoms. The molecule has 3 rings (SSSR count). The molecule has 0 saturated carbocycles. The zero-order chi connectivity index (χ0) is 21.0. The third-order valence-electron chi connectivity index (χ3n) is 4.58. The van der Waals surface area contributed by atoms with Crippen molar-refractivity contribution in [3.63, 3.8) is 0 Å². The summed E-state index contributed by atoms with van der Waals surface area (Å²) in [6.45, 7) is 2.10. The lowest BCUT2D eigenvalue weighted by Gasteiger charge is -2.29. The van der Waals surface area contributed by atoms with Crippen molar-refractivity contribution >= 4 is 44.8 Å². The number of rotatable bonds is 6. The van der Waals surface area contributed by atoms with Crippen LogP contribution in [0.5, 0.6) is 5.75 Å². The minimum absolute atomic E-state index is 0.0108. The van der Waals surface area contributed by atoms with Gasteiger partial charge in [0.15, 0.2) is 9.84 Å². The van der Waals surface area contributed by atoms with Crippen LogP contribution in [0.3, 0.4) is 0 Å². The van der Waals surface area contributed by atoms with Crippen LogP contribution < -0.4 is 10.2 Å². The van der Waals surface area contributed by atoms with Crippen LogP contribution in [0.2, 0.25) is 0 Å².